The average Bonchev–Trinajstić information content (AvgIpc) is 2.76. The number of benzene rings is 3. The number of sulfonamides is 1. The molecule has 0 radical (unpaired) electrons. The zero-order valence-corrected chi connectivity index (χ0v) is 18.1. The molecule has 166 valence electrons. The molecule has 3 aromatic carbocycles. The molecule has 32 heavy (non-hydrogen) atoms. The monoisotopic (exact) mass is 476 g/mol. The minimum absolute atomic E-state index is 0.0425. The maximum absolute atomic E-state index is 12.6. The lowest BCUT2D eigenvalue weighted by molar-refractivity contribution is -0.384. The van der Waals surface area contributed by atoms with E-state index in [-0.39, 0.29) is 27.8 Å². The van der Waals surface area contributed by atoms with E-state index in [9.17, 15) is 23.6 Å². The Kier molecular flexibility index (Phi) is 6.81. The highest BCUT2D eigenvalue weighted by Gasteiger charge is 2.21. The largest absolute Gasteiger partial charge is 0.504 e. The maximum atomic E-state index is 12.6. The van der Waals surface area contributed by atoms with Crippen LogP contribution in [-0.2, 0) is 10.0 Å². The summed E-state index contributed by atoms with van der Waals surface area (Å²) >= 11 is 5.79. The number of aromatic hydroxyl groups is 1. The molecule has 0 aliphatic heterocycles. The van der Waals surface area contributed by atoms with Gasteiger partial charge in [-0.1, -0.05) is 17.7 Å². The highest BCUT2D eigenvalue weighted by atomic mass is 35.5. The number of para-hydroxylation sites is 1. The van der Waals surface area contributed by atoms with Crippen molar-refractivity contribution in [2.24, 2.45) is 5.10 Å². The van der Waals surface area contributed by atoms with Crippen LogP contribution in [0.4, 0.5) is 17.1 Å². The summed E-state index contributed by atoms with van der Waals surface area (Å²) in [7, 11) is -2.69. The van der Waals surface area contributed by atoms with E-state index < -0.39 is 20.6 Å². The van der Waals surface area contributed by atoms with Crippen LogP contribution in [0.5, 0.6) is 11.5 Å². The van der Waals surface area contributed by atoms with Crippen LogP contribution in [0.15, 0.2) is 70.7 Å². The van der Waals surface area contributed by atoms with Crippen LogP contribution in [0.2, 0.25) is 5.02 Å². The van der Waals surface area contributed by atoms with E-state index >= 15 is 0 Å². The molecular weight excluding hydrogens is 460 g/mol. The quantitative estimate of drug-likeness (QED) is 0.251. The van der Waals surface area contributed by atoms with E-state index in [2.05, 4.69) is 15.2 Å². The average molecular weight is 477 g/mol. The summed E-state index contributed by atoms with van der Waals surface area (Å²) in [6.07, 6.45) is 1.24. The van der Waals surface area contributed by atoms with Gasteiger partial charge in [-0.15, -0.1) is 0 Å². The summed E-state index contributed by atoms with van der Waals surface area (Å²) in [4.78, 5) is 10.5. The molecule has 0 saturated heterocycles. The molecule has 10 nitrogen and oxygen atoms in total. The molecule has 0 heterocycles. The van der Waals surface area contributed by atoms with Crippen molar-refractivity contribution in [3.8, 4) is 11.5 Å². The Morgan fingerprint density at radius 3 is 2.53 bits per heavy atom. The van der Waals surface area contributed by atoms with Gasteiger partial charge in [0.2, 0.25) is 0 Å². The fourth-order valence-electron chi connectivity index (χ4n) is 2.64. The van der Waals surface area contributed by atoms with Crippen LogP contribution in [-0.4, -0.2) is 31.8 Å². The van der Waals surface area contributed by atoms with Crippen molar-refractivity contribution in [1.29, 1.82) is 0 Å². The number of nitrogens with zero attached hydrogens (tertiary/aromatic N) is 2. The molecule has 3 rings (SSSR count). The summed E-state index contributed by atoms with van der Waals surface area (Å²) in [6, 6.07) is 14.0. The van der Waals surface area contributed by atoms with Gasteiger partial charge in [0.05, 0.1) is 23.1 Å². The smallest absolute Gasteiger partial charge is 0.295 e. The number of rotatable bonds is 8. The molecule has 3 aromatic rings. The first-order valence-corrected chi connectivity index (χ1v) is 10.8. The van der Waals surface area contributed by atoms with Crippen molar-refractivity contribution in [1.82, 2.24) is 0 Å². The van der Waals surface area contributed by atoms with Gasteiger partial charge in [0.15, 0.2) is 11.5 Å². The molecule has 0 aliphatic carbocycles. The van der Waals surface area contributed by atoms with Gasteiger partial charge < -0.3 is 9.84 Å². The second kappa shape index (κ2) is 9.54. The highest BCUT2D eigenvalue weighted by Crippen LogP contribution is 2.30. The second-order valence-electron chi connectivity index (χ2n) is 6.32. The zero-order chi connectivity index (χ0) is 23.3. The van der Waals surface area contributed by atoms with Gasteiger partial charge in [0, 0.05) is 22.3 Å². The lowest BCUT2D eigenvalue weighted by Gasteiger charge is -2.09. The van der Waals surface area contributed by atoms with Crippen molar-refractivity contribution in [3.63, 3.8) is 0 Å². The van der Waals surface area contributed by atoms with Gasteiger partial charge in [0.25, 0.3) is 15.7 Å². The highest BCUT2D eigenvalue weighted by molar-refractivity contribution is 7.92. The van der Waals surface area contributed by atoms with E-state index in [1.54, 1.807) is 18.2 Å². The van der Waals surface area contributed by atoms with Crippen LogP contribution in [0, 0.1) is 10.1 Å². The number of methoxy groups -OCH3 is 1. The number of ether oxygens (including phenoxy) is 1. The third-order valence-corrected chi connectivity index (χ3v) is 5.84. The molecule has 0 fully saturated rings. The van der Waals surface area contributed by atoms with Gasteiger partial charge in [-0.25, -0.2) is 8.42 Å². The maximum Gasteiger partial charge on any atom is 0.295 e. The van der Waals surface area contributed by atoms with Crippen LogP contribution in [0.3, 0.4) is 0 Å². The summed E-state index contributed by atoms with van der Waals surface area (Å²) in [5, 5.41) is 25.9. The van der Waals surface area contributed by atoms with Crippen LogP contribution in [0.1, 0.15) is 5.56 Å². The third-order valence-electron chi connectivity index (χ3n) is 4.21. The standard InChI is InChI=1S/C20H17ClN4O6S/c1-31-19-4-2-3-13(20(19)26)12-22-23-17-10-9-16(11-18(17)25(27)28)32(29,30)24-15-7-5-14(21)6-8-15/h2-12,23-24,26H,1H3/b22-12+. The third kappa shape index (κ3) is 5.25. The first-order valence-electron chi connectivity index (χ1n) is 8.93. The number of hydrazone groups is 1. The minimum atomic E-state index is -4.09. The molecule has 0 aromatic heterocycles. The Balaban J connectivity index is 1.84. The predicted molar refractivity (Wildman–Crippen MR) is 121 cm³/mol. The van der Waals surface area contributed by atoms with E-state index in [4.69, 9.17) is 16.3 Å². The van der Waals surface area contributed by atoms with Crippen molar-refractivity contribution in [2.45, 2.75) is 4.90 Å². The Bertz CT molecular complexity index is 1280. The molecule has 0 aliphatic rings. The van der Waals surface area contributed by atoms with E-state index in [0.717, 1.165) is 6.07 Å². The molecule has 0 unspecified atom stereocenters. The minimum Gasteiger partial charge on any atom is -0.504 e. The lowest BCUT2D eigenvalue weighted by atomic mass is 10.2. The van der Waals surface area contributed by atoms with Gasteiger partial charge in [-0.2, -0.15) is 5.10 Å². The molecule has 0 atom stereocenters. The Hall–Kier alpha value is -3.83. The lowest BCUT2D eigenvalue weighted by Crippen LogP contribution is -2.13. The first-order chi connectivity index (χ1) is 15.2. The number of nitro benzene ring substituents is 1. The summed E-state index contributed by atoms with van der Waals surface area (Å²) in [5.41, 5.74) is 2.50. The van der Waals surface area contributed by atoms with E-state index in [1.807, 2.05) is 0 Å². The number of anilines is 2. The van der Waals surface area contributed by atoms with Crippen molar-refractivity contribution in [2.75, 3.05) is 17.3 Å². The summed E-state index contributed by atoms with van der Waals surface area (Å²) in [6.45, 7) is 0. The molecule has 0 amide bonds. The Morgan fingerprint density at radius 2 is 1.88 bits per heavy atom. The Morgan fingerprint density at radius 1 is 1.16 bits per heavy atom. The summed E-state index contributed by atoms with van der Waals surface area (Å²) in [5.74, 6) is 0.0902. The Labute approximate surface area is 188 Å². The molecule has 0 saturated carbocycles. The van der Waals surface area contributed by atoms with Gasteiger partial charge in [-0.05, 0) is 48.5 Å². The van der Waals surface area contributed by atoms with Crippen LogP contribution < -0.4 is 14.9 Å². The fourth-order valence-corrected chi connectivity index (χ4v) is 3.84. The number of phenolic OH excluding ortho intramolecular Hbond substituents is 1. The molecule has 12 heteroatoms. The number of phenols is 1. The van der Waals surface area contributed by atoms with Gasteiger partial charge >= 0.3 is 0 Å². The van der Waals surface area contributed by atoms with Crippen molar-refractivity contribution >= 4 is 44.9 Å². The fraction of sp³-hybridized carbons (Fsp3) is 0.0500. The van der Waals surface area contributed by atoms with Crippen molar-refractivity contribution < 1.29 is 23.2 Å². The van der Waals surface area contributed by atoms with E-state index in [0.29, 0.717) is 10.6 Å². The normalized spacial score (nSPS) is 11.3. The number of nitro groups is 1. The van der Waals surface area contributed by atoms with Crippen LogP contribution in [0.25, 0.3) is 0 Å². The summed E-state index contributed by atoms with van der Waals surface area (Å²) < 4.78 is 32.6. The van der Waals surface area contributed by atoms with Crippen LogP contribution >= 0.6 is 11.6 Å². The predicted octanol–water partition coefficient (Wildman–Crippen LogP) is 4.21. The zero-order valence-electron chi connectivity index (χ0n) is 16.5. The number of halogens is 1. The molecular formula is C20H17ClN4O6S. The first kappa shape index (κ1) is 22.8. The number of nitrogens with one attached hydrogen (secondary N) is 2. The van der Waals surface area contributed by atoms with Crippen molar-refractivity contribution in [3.05, 3.63) is 81.4 Å². The van der Waals surface area contributed by atoms with Gasteiger partial charge in [0.1, 0.15) is 5.69 Å². The molecule has 3 N–H and O–H groups in total. The molecule has 0 bridgehead atoms. The van der Waals surface area contributed by atoms with Gasteiger partial charge in [-0.3, -0.25) is 20.3 Å². The topological polar surface area (TPSA) is 143 Å². The second-order valence-corrected chi connectivity index (χ2v) is 8.44. The number of hydrogen-bond donors (Lipinski definition) is 3. The molecule has 0 spiro atoms. The number of hydrogen-bond acceptors (Lipinski definition) is 8. The van der Waals surface area contributed by atoms with E-state index in [1.165, 1.54) is 49.7 Å². The SMILES string of the molecule is COc1cccc(/C=N/Nc2ccc(S(=O)(=O)Nc3ccc(Cl)cc3)cc2[N+](=O)[O-])c1O.